The van der Waals surface area contributed by atoms with Crippen LogP contribution in [0, 0.1) is 6.92 Å². The smallest absolute Gasteiger partial charge is 0.434 e. The van der Waals surface area contributed by atoms with Gasteiger partial charge in [-0.15, -0.1) is 0 Å². The number of aromatic nitrogens is 3. The summed E-state index contributed by atoms with van der Waals surface area (Å²) in [6.07, 6.45) is -16.6. The standard InChI is InChI=1S/C34H28F9N5O5/c1-16-9-26(46-7-4-8-46)45-24(15-47-17(2)28(53-31(47)51)18-10-19(32(35,36)37)12-20(11-18)33(38,39)40)27(16)22-13-21(5-6-25(22)52-3)48-29(34(41,42)43)23(14-44-48)30(49)50/h5-6,9-14,17,28H,4,7-8,15H2,1-3H3,(H,49,50)/t17?,28-/m0/s1. The molecule has 0 saturated carbocycles. The molecule has 2 aromatic carbocycles. The molecular weight excluding hydrogens is 729 g/mol. The van der Waals surface area contributed by atoms with E-state index in [1.807, 2.05) is 4.90 Å². The zero-order chi connectivity index (χ0) is 38.8. The number of rotatable bonds is 8. The first-order valence-corrected chi connectivity index (χ1v) is 15.8. The Morgan fingerprint density at radius 3 is 2.13 bits per heavy atom. The molecule has 0 aliphatic carbocycles. The second-order valence-corrected chi connectivity index (χ2v) is 12.5. The Morgan fingerprint density at radius 2 is 1.60 bits per heavy atom. The van der Waals surface area contributed by atoms with Crippen molar-refractivity contribution in [2.45, 2.75) is 57.5 Å². The molecule has 2 aliphatic heterocycles. The van der Waals surface area contributed by atoms with E-state index in [1.165, 1.54) is 32.2 Å². The number of anilines is 1. The number of hydrogen-bond donors (Lipinski definition) is 1. The highest BCUT2D eigenvalue weighted by Gasteiger charge is 2.44. The van der Waals surface area contributed by atoms with E-state index in [2.05, 4.69) is 5.10 Å². The minimum atomic E-state index is -5.14. The second kappa shape index (κ2) is 13.2. The van der Waals surface area contributed by atoms with E-state index in [9.17, 15) is 54.2 Å². The number of amides is 1. The van der Waals surface area contributed by atoms with Crippen LogP contribution >= 0.6 is 0 Å². The van der Waals surface area contributed by atoms with E-state index in [1.54, 1.807) is 13.0 Å². The number of aromatic carboxylic acids is 1. The molecule has 1 unspecified atom stereocenters. The Kier molecular flexibility index (Phi) is 9.26. The molecule has 1 N–H and O–H groups in total. The molecule has 1 amide bonds. The van der Waals surface area contributed by atoms with Crippen LogP contribution in [0.5, 0.6) is 5.75 Å². The van der Waals surface area contributed by atoms with Gasteiger partial charge >= 0.3 is 30.6 Å². The first kappa shape index (κ1) is 37.3. The van der Waals surface area contributed by atoms with Gasteiger partial charge in [-0.1, -0.05) is 0 Å². The van der Waals surface area contributed by atoms with E-state index in [-0.39, 0.29) is 34.3 Å². The summed E-state index contributed by atoms with van der Waals surface area (Å²) in [4.78, 5) is 32.7. The Hall–Kier alpha value is -5.49. The molecule has 53 heavy (non-hydrogen) atoms. The average Bonchev–Trinajstić information content (AvgIpc) is 3.61. The van der Waals surface area contributed by atoms with Crippen molar-refractivity contribution in [1.82, 2.24) is 19.7 Å². The van der Waals surface area contributed by atoms with Crippen molar-refractivity contribution >= 4 is 17.9 Å². The van der Waals surface area contributed by atoms with E-state index in [0.717, 1.165) is 11.3 Å². The molecule has 0 bridgehead atoms. The van der Waals surface area contributed by atoms with Crippen LogP contribution in [0.3, 0.4) is 0 Å². The molecule has 2 fully saturated rings. The number of nitrogens with zero attached hydrogens (tertiary/aromatic N) is 5. The third kappa shape index (κ3) is 7.03. The molecule has 4 aromatic rings. The van der Waals surface area contributed by atoms with Crippen molar-refractivity contribution in [2.75, 3.05) is 25.1 Å². The number of methoxy groups -OCH3 is 1. The molecule has 0 radical (unpaired) electrons. The number of cyclic esters (lactones) is 1. The molecule has 10 nitrogen and oxygen atoms in total. The van der Waals surface area contributed by atoms with Gasteiger partial charge in [0.25, 0.3) is 0 Å². The number of aryl methyl sites for hydroxylation is 1. The summed E-state index contributed by atoms with van der Waals surface area (Å²) in [5, 5.41) is 13.1. The molecule has 2 saturated heterocycles. The van der Waals surface area contributed by atoms with Crippen molar-refractivity contribution in [3.8, 4) is 22.6 Å². The highest BCUT2D eigenvalue weighted by molar-refractivity contribution is 5.89. The average molecular weight is 758 g/mol. The lowest BCUT2D eigenvalue weighted by atomic mass is 9.95. The highest BCUT2D eigenvalue weighted by atomic mass is 19.4. The van der Waals surface area contributed by atoms with Gasteiger partial charge in [-0.2, -0.15) is 44.6 Å². The number of carboxylic acids is 1. The fraction of sp³-hybridized carbons (Fsp3) is 0.353. The number of alkyl halides is 9. The molecule has 282 valence electrons. The van der Waals surface area contributed by atoms with Crippen LogP contribution in [0.2, 0.25) is 0 Å². The quantitative estimate of drug-likeness (QED) is 0.179. The van der Waals surface area contributed by atoms with Gasteiger partial charge < -0.3 is 19.5 Å². The fourth-order valence-corrected chi connectivity index (χ4v) is 6.37. The lowest BCUT2D eigenvalue weighted by Crippen LogP contribution is -2.38. The maximum absolute atomic E-state index is 14.1. The van der Waals surface area contributed by atoms with E-state index in [4.69, 9.17) is 14.5 Å². The normalized spacial score (nSPS) is 17.9. The van der Waals surface area contributed by atoms with Gasteiger partial charge in [0.05, 0.1) is 48.4 Å². The predicted octanol–water partition coefficient (Wildman–Crippen LogP) is 8.30. The third-order valence-electron chi connectivity index (χ3n) is 9.07. The third-order valence-corrected chi connectivity index (χ3v) is 9.07. The van der Waals surface area contributed by atoms with Gasteiger partial charge in [-0.05, 0) is 73.9 Å². The molecular formula is C34H28F9N5O5. The molecule has 0 spiro atoms. The van der Waals surface area contributed by atoms with Gasteiger partial charge in [-0.25, -0.2) is 19.3 Å². The second-order valence-electron chi connectivity index (χ2n) is 12.5. The van der Waals surface area contributed by atoms with Gasteiger partial charge in [0.15, 0.2) is 5.69 Å². The number of carboxylic acid groups (broad SMARTS) is 1. The zero-order valence-corrected chi connectivity index (χ0v) is 27.8. The number of halogens is 9. The summed E-state index contributed by atoms with van der Waals surface area (Å²) >= 11 is 0. The van der Waals surface area contributed by atoms with E-state index in [0.29, 0.717) is 47.5 Å². The number of pyridine rings is 1. The molecule has 2 atom stereocenters. The van der Waals surface area contributed by atoms with Crippen LogP contribution in [0.25, 0.3) is 16.8 Å². The van der Waals surface area contributed by atoms with E-state index >= 15 is 0 Å². The Labute approximate surface area is 294 Å². The lowest BCUT2D eigenvalue weighted by molar-refractivity contribution is -0.144. The summed E-state index contributed by atoms with van der Waals surface area (Å²) in [5.41, 5.74) is -5.47. The van der Waals surface area contributed by atoms with E-state index < -0.39 is 77.2 Å². The molecule has 6 rings (SSSR count). The Morgan fingerprint density at radius 1 is 0.962 bits per heavy atom. The molecule has 19 heteroatoms. The van der Waals surface area contributed by atoms with Crippen molar-refractivity contribution in [1.29, 1.82) is 0 Å². The first-order valence-electron chi connectivity index (χ1n) is 15.8. The summed E-state index contributed by atoms with van der Waals surface area (Å²) in [6.45, 7) is 3.93. The minimum Gasteiger partial charge on any atom is -0.496 e. The maximum Gasteiger partial charge on any atom is 0.434 e. The molecule has 4 heterocycles. The topological polar surface area (TPSA) is 110 Å². The van der Waals surface area contributed by atoms with Crippen LogP contribution < -0.4 is 9.64 Å². The van der Waals surface area contributed by atoms with Crippen LogP contribution in [-0.4, -0.2) is 63.1 Å². The summed E-state index contributed by atoms with van der Waals surface area (Å²) in [5.74, 6) is -1.25. The molecule has 2 aliphatic rings. The van der Waals surface area contributed by atoms with Crippen LogP contribution in [0.15, 0.2) is 48.7 Å². The summed E-state index contributed by atoms with van der Waals surface area (Å²) in [6, 6.07) is 5.33. The SMILES string of the molecule is COc1ccc(-n2ncc(C(=O)O)c2C(F)(F)F)cc1-c1c(C)cc(N2CCC2)nc1CN1C(=O)O[C@H](c2cc(C(F)(F)F)cc(C(F)(F)F)c2)C1C. The van der Waals surface area contributed by atoms with Crippen LogP contribution in [-0.2, 0) is 29.8 Å². The van der Waals surface area contributed by atoms with Crippen molar-refractivity contribution in [2.24, 2.45) is 0 Å². The summed E-state index contributed by atoms with van der Waals surface area (Å²) in [7, 11) is 1.29. The Balaban J connectivity index is 1.46. The number of carbonyl (C=O) groups is 2. The number of benzene rings is 2. The highest BCUT2D eigenvalue weighted by Crippen LogP contribution is 2.44. The van der Waals surface area contributed by atoms with Crippen molar-refractivity contribution < 1.29 is 63.7 Å². The zero-order valence-electron chi connectivity index (χ0n) is 27.8. The fourth-order valence-electron chi connectivity index (χ4n) is 6.37. The lowest BCUT2D eigenvalue weighted by Gasteiger charge is -2.33. The van der Waals surface area contributed by atoms with Gasteiger partial charge in [0.1, 0.15) is 23.2 Å². The van der Waals surface area contributed by atoms with Crippen LogP contribution in [0.4, 0.5) is 50.1 Å². The van der Waals surface area contributed by atoms with Gasteiger partial charge in [0, 0.05) is 24.2 Å². The monoisotopic (exact) mass is 757 g/mol. The van der Waals surface area contributed by atoms with Crippen LogP contribution in [0.1, 0.15) is 63.4 Å². The Bertz CT molecular complexity index is 2060. The largest absolute Gasteiger partial charge is 0.496 e. The van der Waals surface area contributed by atoms with Gasteiger partial charge in [-0.3, -0.25) is 4.90 Å². The van der Waals surface area contributed by atoms with Crippen molar-refractivity contribution in [3.63, 3.8) is 0 Å². The number of hydrogen-bond acceptors (Lipinski definition) is 7. The van der Waals surface area contributed by atoms with Crippen molar-refractivity contribution in [3.05, 3.63) is 87.9 Å². The summed E-state index contributed by atoms with van der Waals surface area (Å²) < 4.78 is 136. The molecule has 2 aromatic heterocycles. The minimum absolute atomic E-state index is 0.0339. The number of ether oxygens (including phenoxy) is 2. The van der Waals surface area contributed by atoms with Gasteiger partial charge in [0.2, 0.25) is 0 Å². The number of carbonyl (C=O) groups excluding carboxylic acids is 1. The predicted molar refractivity (Wildman–Crippen MR) is 168 cm³/mol. The maximum atomic E-state index is 14.1. The first-order chi connectivity index (χ1) is 24.7.